The Morgan fingerprint density at radius 3 is 2.50 bits per heavy atom. The molecule has 2 aliphatic carbocycles. The topological polar surface area (TPSA) is 17.1 Å². The molecular weight excluding hydrogens is 340 g/mol. The first kappa shape index (κ1) is 15.6. The van der Waals surface area contributed by atoms with Gasteiger partial charge in [-0.05, 0) is 63.2 Å². The number of halogens is 1. The minimum atomic E-state index is 0.221. The fourth-order valence-electron chi connectivity index (χ4n) is 4.14. The minimum Gasteiger partial charge on any atom is -0.294 e. The molecule has 0 spiro atoms. The molecule has 0 atom stereocenters. The number of fused-ring (bicyclic) bond motifs is 5. The van der Waals surface area contributed by atoms with Crippen molar-refractivity contribution in [3.05, 3.63) is 81.2 Å². The quantitative estimate of drug-likeness (QED) is 0.614. The molecule has 3 aromatic rings. The zero-order valence-electron chi connectivity index (χ0n) is 14.3. The predicted molar refractivity (Wildman–Crippen MR) is 108 cm³/mol. The Balaban J connectivity index is 1.71. The van der Waals surface area contributed by atoms with Gasteiger partial charge in [0.2, 0.25) is 0 Å². The van der Waals surface area contributed by atoms with E-state index in [2.05, 4.69) is 42.5 Å². The van der Waals surface area contributed by atoms with Crippen molar-refractivity contribution in [2.24, 2.45) is 0 Å². The van der Waals surface area contributed by atoms with Gasteiger partial charge in [-0.25, -0.2) is 0 Å². The Morgan fingerprint density at radius 2 is 1.62 bits per heavy atom. The van der Waals surface area contributed by atoms with Crippen LogP contribution >= 0.6 is 11.6 Å². The molecule has 2 heteroatoms. The van der Waals surface area contributed by atoms with Crippen LogP contribution in [0, 0.1) is 0 Å². The summed E-state index contributed by atoms with van der Waals surface area (Å²) >= 11 is 6.14. The molecule has 26 heavy (non-hydrogen) atoms. The van der Waals surface area contributed by atoms with E-state index < -0.39 is 0 Å². The second-order valence-electron chi connectivity index (χ2n) is 6.96. The van der Waals surface area contributed by atoms with Crippen LogP contribution in [0.25, 0.3) is 34.4 Å². The molecule has 3 aromatic carbocycles. The van der Waals surface area contributed by atoms with E-state index in [4.69, 9.17) is 11.6 Å². The van der Waals surface area contributed by atoms with Crippen molar-refractivity contribution < 1.29 is 4.79 Å². The Labute approximate surface area is 157 Å². The number of Topliss-reactive ketones (excluding diaryl/α,β-unsaturated/α-hetero) is 1. The zero-order chi connectivity index (χ0) is 17.7. The smallest absolute Gasteiger partial charge is 0.168 e. The molecule has 0 radical (unpaired) electrons. The standard InChI is InChI=1S/C24H17ClO/c25-19-6-3-5-16(13-19)17-9-10-20-18(12-17)14-23(26)24-21-7-2-1-4-15(21)8-11-22(20)24/h3-13H,1-2,14H2. The molecule has 1 nitrogen and oxygen atoms in total. The fourth-order valence-corrected chi connectivity index (χ4v) is 4.33. The van der Waals surface area contributed by atoms with E-state index in [1.54, 1.807) is 0 Å². The van der Waals surface area contributed by atoms with Crippen molar-refractivity contribution in [1.82, 2.24) is 0 Å². The molecule has 0 unspecified atom stereocenters. The van der Waals surface area contributed by atoms with Crippen LogP contribution in [0.4, 0.5) is 0 Å². The highest BCUT2D eigenvalue weighted by Crippen LogP contribution is 2.35. The molecule has 0 saturated heterocycles. The summed E-state index contributed by atoms with van der Waals surface area (Å²) in [5.74, 6) is 0.221. The maximum absolute atomic E-state index is 13.0. The lowest BCUT2D eigenvalue weighted by Crippen LogP contribution is -2.35. The molecule has 5 rings (SSSR count). The average Bonchev–Trinajstić information content (AvgIpc) is 2.67. The molecule has 0 N–H and O–H groups in total. The molecule has 0 fully saturated rings. The first-order chi connectivity index (χ1) is 12.7. The molecule has 0 heterocycles. The van der Waals surface area contributed by atoms with Gasteiger partial charge >= 0.3 is 0 Å². The number of carbonyl (C=O) groups excluding carboxylic acids is 1. The summed E-state index contributed by atoms with van der Waals surface area (Å²) in [6, 6.07) is 18.5. The summed E-state index contributed by atoms with van der Waals surface area (Å²) in [6.45, 7) is 0. The van der Waals surface area contributed by atoms with Crippen LogP contribution in [0.3, 0.4) is 0 Å². The SMILES string of the molecule is O=C1Cc2cc(-c3cccc(Cl)c3)ccc2-c2ccc3c(c21)=CCCC=3. The van der Waals surface area contributed by atoms with Crippen molar-refractivity contribution in [2.45, 2.75) is 19.3 Å². The van der Waals surface area contributed by atoms with Crippen LogP contribution < -0.4 is 10.4 Å². The monoisotopic (exact) mass is 356 g/mol. The van der Waals surface area contributed by atoms with E-state index in [0.29, 0.717) is 6.42 Å². The summed E-state index contributed by atoms with van der Waals surface area (Å²) in [5.41, 5.74) is 6.42. The van der Waals surface area contributed by atoms with Gasteiger partial charge in [0.05, 0.1) is 0 Å². The fraction of sp³-hybridized carbons (Fsp3) is 0.125. The third kappa shape index (κ3) is 2.43. The number of ketones is 1. The van der Waals surface area contributed by atoms with Gasteiger partial charge in [-0.3, -0.25) is 4.79 Å². The summed E-state index contributed by atoms with van der Waals surface area (Å²) in [4.78, 5) is 13.0. The molecule has 0 bridgehead atoms. The van der Waals surface area contributed by atoms with Gasteiger partial charge in [0, 0.05) is 17.0 Å². The number of hydrogen-bond acceptors (Lipinski definition) is 1. The van der Waals surface area contributed by atoms with Crippen molar-refractivity contribution in [3.63, 3.8) is 0 Å². The third-order valence-corrected chi connectivity index (χ3v) is 5.58. The predicted octanol–water partition coefficient (Wildman–Crippen LogP) is 4.77. The maximum atomic E-state index is 13.0. The number of benzene rings is 3. The van der Waals surface area contributed by atoms with E-state index in [1.807, 2.05) is 24.3 Å². The lowest BCUT2D eigenvalue weighted by Gasteiger charge is -2.21. The summed E-state index contributed by atoms with van der Waals surface area (Å²) in [7, 11) is 0. The highest BCUT2D eigenvalue weighted by Gasteiger charge is 2.24. The van der Waals surface area contributed by atoms with Crippen LogP contribution in [-0.4, -0.2) is 5.78 Å². The highest BCUT2D eigenvalue weighted by molar-refractivity contribution is 6.30. The normalized spacial score (nSPS) is 14.6. The van der Waals surface area contributed by atoms with Crippen LogP contribution in [0.1, 0.15) is 28.8 Å². The number of hydrogen-bond donors (Lipinski definition) is 0. The molecule has 0 aliphatic heterocycles. The van der Waals surface area contributed by atoms with Gasteiger partial charge in [-0.15, -0.1) is 0 Å². The van der Waals surface area contributed by atoms with Crippen molar-refractivity contribution >= 4 is 29.5 Å². The molecule has 126 valence electrons. The van der Waals surface area contributed by atoms with Crippen LogP contribution in [-0.2, 0) is 6.42 Å². The molecule has 0 amide bonds. The summed E-state index contributed by atoms with van der Waals surface area (Å²) in [6.07, 6.45) is 6.98. The lowest BCUT2D eigenvalue weighted by atomic mass is 9.81. The minimum absolute atomic E-state index is 0.221. The Morgan fingerprint density at radius 1 is 0.808 bits per heavy atom. The second-order valence-corrected chi connectivity index (χ2v) is 7.40. The van der Waals surface area contributed by atoms with Crippen LogP contribution in [0.5, 0.6) is 0 Å². The zero-order valence-corrected chi connectivity index (χ0v) is 15.0. The lowest BCUT2D eigenvalue weighted by molar-refractivity contribution is 0.0991. The van der Waals surface area contributed by atoms with Crippen LogP contribution in [0.15, 0.2) is 54.6 Å². The van der Waals surface area contributed by atoms with Crippen molar-refractivity contribution in [2.75, 3.05) is 0 Å². The summed E-state index contributed by atoms with van der Waals surface area (Å²) in [5, 5.41) is 3.05. The van der Waals surface area contributed by atoms with Gasteiger partial charge in [-0.1, -0.05) is 66.2 Å². The van der Waals surface area contributed by atoms with E-state index in [1.165, 1.54) is 10.8 Å². The van der Waals surface area contributed by atoms with E-state index in [9.17, 15) is 4.79 Å². The van der Waals surface area contributed by atoms with Crippen molar-refractivity contribution in [3.8, 4) is 22.3 Å². The van der Waals surface area contributed by atoms with Crippen LogP contribution in [0.2, 0.25) is 5.02 Å². The number of rotatable bonds is 1. The number of carbonyl (C=O) groups is 1. The Hall–Kier alpha value is -2.64. The molecule has 0 saturated carbocycles. The maximum Gasteiger partial charge on any atom is 0.168 e. The largest absolute Gasteiger partial charge is 0.294 e. The Kier molecular flexibility index (Phi) is 3.58. The molecule has 2 aliphatic rings. The third-order valence-electron chi connectivity index (χ3n) is 5.34. The van der Waals surface area contributed by atoms with E-state index in [0.717, 1.165) is 50.9 Å². The van der Waals surface area contributed by atoms with E-state index >= 15 is 0 Å². The first-order valence-corrected chi connectivity index (χ1v) is 9.34. The van der Waals surface area contributed by atoms with Crippen molar-refractivity contribution in [1.29, 1.82) is 0 Å². The Bertz CT molecular complexity index is 1190. The summed E-state index contributed by atoms with van der Waals surface area (Å²) < 4.78 is 0. The highest BCUT2D eigenvalue weighted by atomic mass is 35.5. The van der Waals surface area contributed by atoms with Gasteiger partial charge in [0.25, 0.3) is 0 Å². The van der Waals surface area contributed by atoms with E-state index in [-0.39, 0.29) is 5.78 Å². The molecule has 0 aromatic heterocycles. The van der Waals surface area contributed by atoms with Gasteiger partial charge < -0.3 is 0 Å². The van der Waals surface area contributed by atoms with Gasteiger partial charge in [0.1, 0.15) is 0 Å². The molecular formula is C24H17ClO. The average molecular weight is 357 g/mol. The second kappa shape index (κ2) is 5.96. The van der Waals surface area contributed by atoms with Gasteiger partial charge in [0.15, 0.2) is 5.78 Å². The van der Waals surface area contributed by atoms with Gasteiger partial charge in [-0.2, -0.15) is 0 Å². The first-order valence-electron chi connectivity index (χ1n) is 8.96.